The van der Waals surface area contributed by atoms with Crippen LogP contribution in [-0.2, 0) is 14.3 Å². The van der Waals surface area contributed by atoms with Crippen molar-refractivity contribution in [3.8, 4) is 0 Å². The van der Waals surface area contributed by atoms with Crippen molar-refractivity contribution >= 4 is 39.2 Å². The topological polar surface area (TPSA) is 58.6 Å². The fraction of sp³-hybridized carbons (Fsp3) is 0.385. The van der Waals surface area contributed by atoms with E-state index in [1.165, 1.54) is 12.0 Å². The standard InChI is InChI=1S/C13H15BrN2O3/c1-13(2,12(18)19-3)16-10-5-4-8(14)6-9(10)15-7-11(16)17/h4-6,15H,7H2,1-3H3. The molecule has 1 N–H and O–H groups in total. The first-order valence-electron chi connectivity index (χ1n) is 5.83. The van der Waals surface area contributed by atoms with Gasteiger partial charge in [-0.15, -0.1) is 0 Å². The van der Waals surface area contributed by atoms with Crippen molar-refractivity contribution in [3.05, 3.63) is 22.7 Å². The van der Waals surface area contributed by atoms with E-state index in [9.17, 15) is 9.59 Å². The fourth-order valence-electron chi connectivity index (χ4n) is 2.18. The largest absolute Gasteiger partial charge is 0.467 e. The number of fused-ring (bicyclic) bond motifs is 1. The Hall–Kier alpha value is -1.56. The molecule has 2 rings (SSSR count). The zero-order valence-corrected chi connectivity index (χ0v) is 12.6. The van der Waals surface area contributed by atoms with Gasteiger partial charge in [0.1, 0.15) is 5.54 Å². The second-order valence-corrected chi connectivity index (χ2v) is 5.71. The number of esters is 1. The molecule has 0 atom stereocenters. The van der Waals surface area contributed by atoms with Crippen LogP contribution < -0.4 is 10.2 Å². The van der Waals surface area contributed by atoms with Crippen molar-refractivity contribution in [1.29, 1.82) is 0 Å². The number of methoxy groups -OCH3 is 1. The van der Waals surface area contributed by atoms with Gasteiger partial charge in [0.25, 0.3) is 0 Å². The highest BCUT2D eigenvalue weighted by atomic mass is 79.9. The third-order valence-corrected chi connectivity index (χ3v) is 3.62. The average Bonchev–Trinajstić information content (AvgIpc) is 2.37. The van der Waals surface area contributed by atoms with Crippen LogP contribution >= 0.6 is 15.9 Å². The highest BCUT2D eigenvalue weighted by Gasteiger charge is 2.42. The molecule has 0 fully saturated rings. The van der Waals surface area contributed by atoms with Gasteiger partial charge in [0.15, 0.2) is 0 Å². The molecular formula is C13H15BrN2O3. The Kier molecular flexibility index (Phi) is 3.54. The second-order valence-electron chi connectivity index (χ2n) is 4.79. The van der Waals surface area contributed by atoms with Gasteiger partial charge in [-0.25, -0.2) is 4.79 Å². The molecule has 1 aliphatic rings. The van der Waals surface area contributed by atoms with E-state index in [4.69, 9.17) is 4.74 Å². The first kappa shape index (κ1) is 13.9. The highest BCUT2D eigenvalue weighted by molar-refractivity contribution is 9.10. The number of hydrogen-bond acceptors (Lipinski definition) is 4. The van der Waals surface area contributed by atoms with Gasteiger partial charge in [0, 0.05) is 4.47 Å². The first-order chi connectivity index (χ1) is 8.87. The number of carbonyl (C=O) groups is 2. The average molecular weight is 327 g/mol. The van der Waals surface area contributed by atoms with Crippen LogP contribution in [0.5, 0.6) is 0 Å². The van der Waals surface area contributed by atoms with Crippen LogP contribution in [0.15, 0.2) is 22.7 Å². The number of amides is 1. The summed E-state index contributed by atoms with van der Waals surface area (Å²) < 4.78 is 5.70. The van der Waals surface area contributed by atoms with Gasteiger partial charge < -0.3 is 10.1 Å². The quantitative estimate of drug-likeness (QED) is 0.846. The van der Waals surface area contributed by atoms with Gasteiger partial charge in [-0.1, -0.05) is 15.9 Å². The van der Waals surface area contributed by atoms with Crippen LogP contribution in [0, 0.1) is 0 Å². The summed E-state index contributed by atoms with van der Waals surface area (Å²) in [4.78, 5) is 25.5. The molecule has 0 unspecified atom stereocenters. The van der Waals surface area contributed by atoms with Crippen LogP contribution in [0.4, 0.5) is 11.4 Å². The zero-order valence-electron chi connectivity index (χ0n) is 11.0. The predicted molar refractivity (Wildman–Crippen MR) is 76.2 cm³/mol. The third-order valence-electron chi connectivity index (χ3n) is 3.12. The molecular weight excluding hydrogens is 312 g/mol. The molecule has 102 valence electrons. The summed E-state index contributed by atoms with van der Waals surface area (Å²) in [6.45, 7) is 3.51. The van der Waals surface area contributed by atoms with Gasteiger partial charge in [-0.05, 0) is 32.0 Å². The Morgan fingerprint density at radius 1 is 1.47 bits per heavy atom. The number of hydrogen-bond donors (Lipinski definition) is 1. The van der Waals surface area contributed by atoms with Crippen LogP contribution in [0.1, 0.15) is 13.8 Å². The summed E-state index contributed by atoms with van der Waals surface area (Å²) in [7, 11) is 1.32. The van der Waals surface area contributed by atoms with Crippen LogP contribution in [0.25, 0.3) is 0 Å². The lowest BCUT2D eigenvalue weighted by atomic mass is 9.99. The summed E-state index contributed by atoms with van der Waals surface area (Å²) >= 11 is 3.38. The summed E-state index contributed by atoms with van der Waals surface area (Å²) in [6, 6.07) is 5.51. The molecule has 0 radical (unpaired) electrons. The Labute approximate surface area is 120 Å². The molecule has 1 aliphatic heterocycles. The lowest BCUT2D eigenvalue weighted by Gasteiger charge is -2.40. The van der Waals surface area contributed by atoms with Crippen LogP contribution in [0.3, 0.4) is 0 Å². The number of halogens is 1. The normalized spacial score (nSPS) is 14.7. The van der Waals surface area contributed by atoms with E-state index in [-0.39, 0.29) is 12.5 Å². The minimum Gasteiger partial charge on any atom is -0.467 e. The number of ether oxygens (including phenoxy) is 1. The molecule has 0 aliphatic carbocycles. The minimum absolute atomic E-state index is 0.157. The summed E-state index contributed by atoms with van der Waals surface area (Å²) in [5, 5.41) is 3.04. The number of carbonyl (C=O) groups excluding carboxylic acids is 2. The molecule has 5 nitrogen and oxygen atoms in total. The predicted octanol–water partition coefficient (Wildman–Crippen LogP) is 2.16. The molecule has 0 saturated heterocycles. The van der Waals surface area contributed by atoms with Crippen molar-refractivity contribution in [1.82, 2.24) is 0 Å². The Balaban J connectivity index is 2.52. The van der Waals surface area contributed by atoms with E-state index in [1.54, 1.807) is 19.9 Å². The summed E-state index contributed by atoms with van der Waals surface area (Å²) in [5.74, 6) is -0.609. The molecule has 6 heteroatoms. The minimum atomic E-state index is -1.05. The van der Waals surface area contributed by atoms with Crippen molar-refractivity contribution in [3.63, 3.8) is 0 Å². The highest BCUT2D eigenvalue weighted by Crippen LogP contribution is 2.36. The van der Waals surface area contributed by atoms with E-state index >= 15 is 0 Å². The molecule has 0 spiro atoms. The summed E-state index contributed by atoms with van der Waals surface area (Å²) in [5.41, 5.74) is 0.442. The van der Waals surface area contributed by atoms with Gasteiger partial charge in [-0.3, -0.25) is 9.69 Å². The Morgan fingerprint density at radius 2 is 2.16 bits per heavy atom. The lowest BCUT2D eigenvalue weighted by molar-refractivity contribution is -0.147. The van der Waals surface area contributed by atoms with Gasteiger partial charge >= 0.3 is 5.97 Å². The number of nitrogens with zero attached hydrogens (tertiary/aromatic N) is 1. The maximum Gasteiger partial charge on any atom is 0.331 e. The lowest BCUT2D eigenvalue weighted by Crippen LogP contribution is -2.57. The van der Waals surface area contributed by atoms with Crippen molar-refractivity contribution in [2.75, 3.05) is 23.9 Å². The van der Waals surface area contributed by atoms with E-state index < -0.39 is 11.5 Å². The molecule has 0 aromatic heterocycles. The van der Waals surface area contributed by atoms with E-state index in [1.807, 2.05) is 12.1 Å². The molecule has 0 bridgehead atoms. The number of anilines is 2. The third kappa shape index (κ3) is 2.32. The molecule has 1 aromatic carbocycles. The van der Waals surface area contributed by atoms with Crippen molar-refractivity contribution in [2.24, 2.45) is 0 Å². The number of nitrogens with one attached hydrogen (secondary N) is 1. The molecule has 1 amide bonds. The van der Waals surface area contributed by atoms with E-state index in [2.05, 4.69) is 21.2 Å². The molecule has 1 aromatic rings. The molecule has 1 heterocycles. The Bertz CT molecular complexity index is 543. The van der Waals surface area contributed by atoms with Crippen LogP contribution in [0.2, 0.25) is 0 Å². The van der Waals surface area contributed by atoms with Gasteiger partial charge in [0.2, 0.25) is 5.91 Å². The molecule has 0 saturated carbocycles. The molecule has 19 heavy (non-hydrogen) atoms. The Morgan fingerprint density at radius 3 is 2.79 bits per heavy atom. The maximum absolute atomic E-state index is 12.2. The van der Waals surface area contributed by atoms with E-state index in [0.29, 0.717) is 5.69 Å². The summed E-state index contributed by atoms with van der Waals surface area (Å²) in [6.07, 6.45) is 0. The van der Waals surface area contributed by atoms with Crippen LogP contribution in [-0.4, -0.2) is 31.1 Å². The number of benzene rings is 1. The fourth-order valence-corrected chi connectivity index (χ4v) is 2.54. The van der Waals surface area contributed by atoms with Crippen molar-refractivity contribution < 1.29 is 14.3 Å². The van der Waals surface area contributed by atoms with Crippen molar-refractivity contribution in [2.45, 2.75) is 19.4 Å². The van der Waals surface area contributed by atoms with Gasteiger partial charge in [-0.2, -0.15) is 0 Å². The first-order valence-corrected chi connectivity index (χ1v) is 6.62. The number of rotatable bonds is 2. The smallest absolute Gasteiger partial charge is 0.331 e. The van der Waals surface area contributed by atoms with E-state index in [0.717, 1.165) is 10.2 Å². The monoisotopic (exact) mass is 326 g/mol. The zero-order chi connectivity index (χ0) is 14.2. The maximum atomic E-state index is 12.2. The second kappa shape index (κ2) is 4.85. The van der Waals surface area contributed by atoms with Gasteiger partial charge in [0.05, 0.1) is 25.0 Å². The SMILES string of the molecule is COC(=O)C(C)(C)N1C(=O)CNc2cc(Br)ccc21.